The van der Waals surface area contributed by atoms with E-state index in [4.69, 9.17) is 11.0 Å². The fourth-order valence-electron chi connectivity index (χ4n) is 1.66. The van der Waals surface area contributed by atoms with E-state index in [1.807, 2.05) is 18.2 Å². The van der Waals surface area contributed by atoms with Crippen molar-refractivity contribution in [3.05, 3.63) is 30.3 Å². The maximum absolute atomic E-state index is 8.69. The maximum Gasteiger partial charge on any atom is 0.0640 e. The Hall–Kier alpha value is -1.53. The third kappa shape index (κ3) is 2.98. The van der Waals surface area contributed by atoms with Crippen LogP contribution in [0.3, 0.4) is 0 Å². The van der Waals surface area contributed by atoms with Crippen LogP contribution in [-0.4, -0.2) is 18.6 Å². The molecule has 86 valence electrons. The number of nitriles is 1. The first-order chi connectivity index (χ1) is 7.61. The van der Waals surface area contributed by atoms with E-state index in [9.17, 15) is 0 Å². The molecule has 0 fully saturated rings. The standard InChI is InChI=1S/C13H19N3/c1-13(2,11-15)16(10-6-9-14)12-7-4-3-5-8-12/h3-5,7-8H,6,10-11,15H2,1-2H3. The lowest BCUT2D eigenvalue weighted by Gasteiger charge is -2.39. The number of hydrogen-bond donors (Lipinski definition) is 1. The fourth-order valence-corrected chi connectivity index (χ4v) is 1.66. The molecular formula is C13H19N3. The first-order valence-corrected chi connectivity index (χ1v) is 5.51. The molecule has 0 unspecified atom stereocenters. The van der Waals surface area contributed by atoms with Gasteiger partial charge in [-0.2, -0.15) is 5.26 Å². The van der Waals surface area contributed by atoms with Crippen LogP contribution in [-0.2, 0) is 0 Å². The summed E-state index contributed by atoms with van der Waals surface area (Å²) in [6.07, 6.45) is 0.512. The van der Waals surface area contributed by atoms with Crippen molar-refractivity contribution in [3.8, 4) is 6.07 Å². The van der Waals surface area contributed by atoms with Gasteiger partial charge in [-0.05, 0) is 26.0 Å². The summed E-state index contributed by atoms with van der Waals surface area (Å²) < 4.78 is 0. The molecule has 0 atom stereocenters. The molecule has 0 spiro atoms. The first kappa shape index (κ1) is 12.5. The largest absolute Gasteiger partial charge is 0.364 e. The zero-order chi connectivity index (χ0) is 12.0. The Morgan fingerprint density at radius 2 is 1.94 bits per heavy atom. The van der Waals surface area contributed by atoms with Gasteiger partial charge in [-0.1, -0.05) is 18.2 Å². The average Bonchev–Trinajstić information content (AvgIpc) is 2.31. The molecule has 0 heterocycles. The van der Waals surface area contributed by atoms with Gasteiger partial charge in [0.05, 0.1) is 12.5 Å². The number of nitrogens with two attached hydrogens (primary N) is 1. The molecule has 2 N–H and O–H groups in total. The molecule has 1 aromatic rings. The molecule has 3 nitrogen and oxygen atoms in total. The summed E-state index contributed by atoms with van der Waals surface area (Å²) in [6, 6.07) is 12.3. The molecule has 0 aliphatic rings. The average molecular weight is 217 g/mol. The van der Waals surface area contributed by atoms with Gasteiger partial charge in [-0.25, -0.2) is 0 Å². The highest BCUT2D eigenvalue weighted by atomic mass is 15.2. The smallest absolute Gasteiger partial charge is 0.0640 e. The first-order valence-electron chi connectivity index (χ1n) is 5.51. The molecular weight excluding hydrogens is 198 g/mol. The Balaban J connectivity index is 2.93. The molecule has 1 aromatic carbocycles. The number of para-hydroxylation sites is 1. The second-order valence-electron chi connectivity index (χ2n) is 4.41. The minimum atomic E-state index is -0.127. The Morgan fingerprint density at radius 3 is 2.44 bits per heavy atom. The van der Waals surface area contributed by atoms with Gasteiger partial charge in [0.25, 0.3) is 0 Å². The molecule has 0 bridgehead atoms. The Labute approximate surface area is 97.5 Å². The van der Waals surface area contributed by atoms with Crippen molar-refractivity contribution in [1.82, 2.24) is 0 Å². The predicted octanol–water partition coefficient (Wildman–Crippen LogP) is 2.14. The van der Waals surface area contributed by atoms with Crippen LogP contribution in [0.2, 0.25) is 0 Å². The van der Waals surface area contributed by atoms with E-state index < -0.39 is 0 Å². The lowest BCUT2D eigenvalue weighted by Crippen LogP contribution is -2.50. The van der Waals surface area contributed by atoms with E-state index in [1.54, 1.807) is 0 Å². The minimum Gasteiger partial charge on any atom is -0.364 e. The van der Waals surface area contributed by atoms with E-state index in [-0.39, 0.29) is 5.54 Å². The van der Waals surface area contributed by atoms with Crippen molar-refractivity contribution in [3.63, 3.8) is 0 Å². The summed E-state index contributed by atoms with van der Waals surface area (Å²) in [4.78, 5) is 2.19. The van der Waals surface area contributed by atoms with E-state index in [0.29, 0.717) is 19.5 Å². The lowest BCUT2D eigenvalue weighted by molar-refractivity contribution is 0.472. The molecule has 0 aromatic heterocycles. The van der Waals surface area contributed by atoms with Gasteiger partial charge in [-0.15, -0.1) is 0 Å². The number of nitrogens with zero attached hydrogens (tertiary/aromatic N) is 2. The van der Waals surface area contributed by atoms with Crippen LogP contribution in [0.25, 0.3) is 0 Å². The van der Waals surface area contributed by atoms with Gasteiger partial charge in [0.2, 0.25) is 0 Å². The zero-order valence-electron chi connectivity index (χ0n) is 9.98. The normalized spacial score (nSPS) is 10.9. The van der Waals surface area contributed by atoms with Gasteiger partial charge in [0.1, 0.15) is 0 Å². The molecule has 0 aliphatic carbocycles. The summed E-state index contributed by atoms with van der Waals surface area (Å²) >= 11 is 0. The van der Waals surface area contributed by atoms with Gasteiger partial charge < -0.3 is 10.6 Å². The van der Waals surface area contributed by atoms with Gasteiger partial charge in [0.15, 0.2) is 0 Å². The third-order valence-electron chi connectivity index (χ3n) is 2.75. The highest BCUT2D eigenvalue weighted by Crippen LogP contribution is 2.23. The molecule has 0 aliphatic heterocycles. The summed E-state index contributed by atoms with van der Waals surface area (Å²) in [5.74, 6) is 0. The molecule has 0 saturated carbocycles. The summed E-state index contributed by atoms with van der Waals surface area (Å²) in [6.45, 7) is 5.47. The van der Waals surface area contributed by atoms with Crippen LogP contribution < -0.4 is 10.6 Å². The predicted molar refractivity (Wildman–Crippen MR) is 67.2 cm³/mol. The number of rotatable bonds is 5. The van der Waals surface area contributed by atoms with Crippen molar-refractivity contribution in [2.75, 3.05) is 18.0 Å². The van der Waals surface area contributed by atoms with Crippen LogP contribution in [0.15, 0.2) is 30.3 Å². The second-order valence-corrected chi connectivity index (χ2v) is 4.41. The van der Waals surface area contributed by atoms with Crippen LogP contribution in [0.4, 0.5) is 5.69 Å². The lowest BCUT2D eigenvalue weighted by atomic mass is 10.0. The third-order valence-corrected chi connectivity index (χ3v) is 2.75. The van der Waals surface area contributed by atoms with Crippen molar-refractivity contribution in [2.24, 2.45) is 5.73 Å². The highest BCUT2D eigenvalue weighted by molar-refractivity contribution is 5.48. The molecule has 0 radical (unpaired) electrons. The monoisotopic (exact) mass is 217 g/mol. The van der Waals surface area contributed by atoms with Gasteiger partial charge in [-0.3, -0.25) is 0 Å². The summed E-state index contributed by atoms with van der Waals surface area (Å²) in [7, 11) is 0. The number of benzene rings is 1. The Kier molecular flexibility index (Phi) is 4.33. The topological polar surface area (TPSA) is 53.0 Å². The minimum absolute atomic E-state index is 0.127. The number of hydrogen-bond acceptors (Lipinski definition) is 3. The van der Waals surface area contributed by atoms with Gasteiger partial charge >= 0.3 is 0 Å². The fraction of sp³-hybridized carbons (Fsp3) is 0.462. The van der Waals surface area contributed by atoms with Crippen LogP contribution in [0.5, 0.6) is 0 Å². The van der Waals surface area contributed by atoms with Crippen molar-refractivity contribution >= 4 is 5.69 Å². The van der Waals surface area contributed by atoms with E-state index >= 15 is 0 Å². The maximum atomic E-state index is 8.69. The van der Waals surface area contributed by atoms with E-state index in [2.05, 4.69) is 36.9 Å². The quantitative estimate of drug-likeness (QED) is 0.822. The zero-order valence-corrected chi connectivity index (χ0v) is 9.98. The summed E-state index contributed by atoms with van der Waals surface area (Å²) in [5, 5.41) is 8.69. The van der Waals surface area contributed by atoms with Crippen molar-refractivity contribution in [1.29, 1.82) is 5.26 Å². The molecule has 1 rings (SSSR count). The van der Waals surface area contributed by atoms with Crippen molar-refractivity contribution < 1.29 is 0 Å². The molecule has 0 saturated heterocycles. The van der Waals surface area contributed by atoms with E-state index in [1.165, 1.54) is 0 Å². The van der Waals surface area contributed by atoms with E-state index in [0.717, 1.165) is 5.69 Å². The van der Waals surface area contributed by atoms with Gasteiger partial charge in [0, 0.05) is 24.3 Å². The van der Waals surface area contributed by atoms with Crippen molar-refractivity contribution in [2.45, 2.75) is 25.8 Å². The summed E-state index contributed by atoms with van der Waals surface area (Å²) in [5.41, 5.74) is 6.78. The number of anilines is 1. The molecule has 16 heavy (non-hydrogen) atoms. The highest BCUT2D eigenvalue weighted by Gasteiger charge is 2.24. The molecule has 0 amide bonds. The van der Waals surface area contributed by atoms with Crippen LogP contribution in [0, 0.1) is 11.3 Å². The van der Waals surface area contributed by atoms with Crippen LogP contribution in [0.1, 0.15) is 20.3 Å². The Morgan fingerprint density at radius 1 is 1.31 bits per heavy atom. The Bertz CT molecular complexity index is 351. The SMILES string of the molecule is CC(C)(CN)N(CCC#N)c1ccccc1. The van der Waals surface area contributed by atoms with Crippen LogP contribution >= 0.6 is 0 Å². The second kappa shape index (κ2) is 5.53. The molecule has 3 heteroatoms.